The highest BCUT2D eigenvalue weighted by Gasteiger charge is 2.19. The van der Waals surface area contributed by atoms with Crippen molar-refractivity contribution < 1.29 is 0 Å². The van der Waals surface area contributed by atoms with Gasteiger partial charge in [-0.25, -0.2) is 15.0 Å². The second-order valence-electron chi connectivity index (χ2n) is 12.4. The Labute approximate surface area is 286 Å². The Morgan fingerprint density at radius 2 is 0.959 bits per heavy atom. The van der Waals surface area contributed by atoms with E-state index in [4.69, 9.17) is 15.0 Å². The standard InChI is InChI=1S/C45H27N3S/c1-3-13-30(14-4-1)43-46-44(31-15-5-2-6-16-31)48-45(47-43)38-27-33(26-32-17-8-9-18-34(32)38)36-20-11-21-39-41(36)37-25-24-29-23-22-28-12-7-10-19-35(28)40(29)42(37)49-39/h1-27H. The SMILES string of the molecule is c1ccc(-c2nc(-c3ccccc3)nc(-c3cc(-c4cccc5sc6c(ccc7ccc8ccccc8c76)c45)cc4ccccc34)n2)cc1. The third-order valence-corrected chi connectivity index (χ3v) is 10.7. The largest absolute Gasteiger partial charge is 0.208 e. The molecule has 2 heterocycles. The Bertz CT molecular complexity index is 2820. The molecule has 0 aliphatic carbocycles. The van der Waals surface area contributed by atoms with Crippen LogP contribution in [-0.2, 0) is 0 Å². The topological polar surface area (TPSA) is 38.7 Å². The lowest BCUT2D eigenvalue weighted by Crippen LogP contribution is -2.00. The summed E-state index contributed by atoms with van der Waals surface area (Å²) >= 11 is 1.89. The first-order valence-electron chi connectivity index (χ1n) is 16.4. The van der Waals surface area contributed by atoms with Gasteiger partial charge in [-0.1, -0.05) is 146 Å². The predicted octanol–water partition coefficient (Wildman–Crippen LogP) is 12.4. The molecule has 8 aromatic carbocycles. The maximum Gasteiger partial charge on any atom is 0.164 e. The van der Waals surface area contributed by atoms with Crippen molar-refractivity contribution in [3.8, 4) is 45.3 Å². The number of fused-ring (bicyclic) bond motifs is 8. The Kier molecular flexibility index (Phi) is 6.36. The highest BCUT2D eigenvalue weighted by molar-refractivity contribution is 7.27. The van der Waals surface area contributed by atoms with E-state index in [1.54, 1.807) is 0 Å². The number of hydrogen-bond acceptors (Lipinski definition) is 4. The molecule has 0 aliphatic rings. The first kappa shape index (κ1) is 27.8. The van der Waals surface area contributed by atoms with Crippen molar-refractivity contribution in [2.24, 2.45) is 0 Å². The molecule has 228 valence electrons. The summed E-state index contributed by atoms with van der Waals surface area (Å²) in [5.41, 5.74) is 5.24. The van der Waals surface area contributed by atoms with E-state index in [9.17, 15) is 0 Å². The van der Waals surface area contributed by atoms with Crippen molar-refractivity contribution >= 4 is 63.8 Å². The molecule has 49 heavy (non-hydrogen) atoms. The first-order chi connectivity index (χ1) is 24.3. The molecule has 2 aromatic heterocycles. The number of rotatable bonds is 4. The van der Waals surface area contributed by atoms with Gasteiger partial charge in [0, 0.05) is 42.2 Å². The molecule has 0 spiro atoms. The van der Waals surface area contributed by atoms with E-state index in [0.717, 1.165) is 33.0 Å². The third-order valence-electron chi connectivity index (χ3n) is 9.48. The van der Waals surface area contributed by atoms with Gasteiger partial charge in [0.15, 0.2) is 17.5 Å². The van der Waals surface area contributed by atoms with Crippen LogP contribution >= 0.6 is 11.3 Å². The molecule has 0 unspecified atom stereocenters. The Morgan fingerprint density at radius 1 is 0.347 bits per heavy atom. The fourth-order valence-corrected chi connectivity index (χ4v) is 8.49. The molecular weight excluding hydrogens is 615 g/mol. The van der Waals surface area contributed by atoms with Gasteiger partial charge in [0.25, 0.3) is 0 Å². The minimum absolute atomic E-state index is 0.656. The van der Waals surface area contributed by atoms with E-state index in [1.165, 1.54) is 47.3 Å². The van der Waals surface area contributed by atoms with E-state index in [1.807, 2.05) is 47.7 Å². The van der Waals surface area contributed by atoms with Gasteiger partial charge < -0.3 is 0 Å². The molecule has 0 N–H and O–H groups in total. The summed E-state index contributed by atoms with van der Waals surface area (Å²) in [4.78, 5) is 15.2. The van der Waals surface area contributed by atoms with Crippen LogP contribution in [-0.4, -0.2) is 15.0 Å². The zero-order chi connectivity index (χ0) is 32.3. The lowest BCUT2D eigenvalue weighted by molar-refractivity contribution is 1.08. The molecule has 0 radical (unpaired) electrons. The van der Waals surface area contributed by atoms with Crippen LogP contribution < -0.4 is 0 Å². The van der Waals surface area contributed by atoms with Crippen LogP contribution in [0.2, 0.25) is 0 Å². The number of hydrogen-bond donors (Lipinski definition) is 0. The summed E-state index contributed by atoms with van der Waals surface area (Å²) in [6.45, 7) is 0. The van der Waals surface area contributed by atoms with E-state index in [-0.39, 0.29) is 0 Å². The maximum atomic E-state index is 5.13. The van der Waals surface area contributed by atoms with Gasteiger partial charge in [-0.2, -0.15) is 0 Å². The third kappa shape index (κ3) is 4.61. The minimum Gasteiger partial charge on any atom is -0.208 e. The zero-order valence-corrected chi connectivity index (χ0v) is 27.2. The zero-order valence-electron chi connectivity index (χ0n) is 26.3. The van der Waals surface area contributed by atoms with Crippen LogP contribution in [0.3, 0.4) is 0 Å². The molecule has 10 aromatic rings. The van der Waals surface area contributed by atoms with Crippen LogP contribution in [0.4, 0.5) is 0 Å². The van der Waals surface area contributed by atoms with Crippen molar-refractivity contribution in [3.63, 3.8) is 0 Å². The molecule has 0 aliphatic heterocycles. The second-order valence-corrected chi connectivity index (χ2v) is 13.4. The van der Waals surface area contributed by atoms with Crippen LogP contribution in [0, 0.1) is 0 Å². The molecular formula is C45H27N3S. The number of aromatic nitrogens is 3. The van der Waals surface area contributed by atoms with Gasteiger partial charge in [0.2, 0.25) is 0 Å². The Balaban J connectivity index is 1.25. The van der Waals surface area contributed by atoms with Crippen molar-refractivity contribution in [2.75, 3.05) is 0 Å². The Morgan fingerprint density at radius 3 is 1.71 bits per heavy atom. The van der Waals surface area contributed by atoms with Crippen LogP contribution in [0.1, 0.15) is 0 Å². The van der Waals surface area contributed by atoms with Crippen molar-refractivity contribution in [1.82, 2.24) is 15.0 Å². The van der Waals surface area contributed by atoms with Crippen LogP contribution in [0.25, 0.3) is 97.8 Å². The lowest BCUT2D eigenvalue weighted by atomic mass is 9.93. The summed E-state index contributed by atoms with van der Waals surface area (Å²) in [6, 6.07) is 57.9. The van der Waals surface area contributed by atoms with Crippen molar-refractivity contribution in [3.05, 3.63) is 164 Å². The normalized spacial score (nSPS) is 11.7. The molecule has 3 nitrogen and oxygen atoms in total. The minimum atomic E-state index is 0.656. The molecule has 0 saturated carbocycles. The van der Waals surface area contributed by atoms with E-state index < -0.39 is 0 Å². The smallest absolute Gasteiger partial charge is 0.164 e. The fourth-order valence-electron chi connectivity index (χ4n) is 7.19. The van der Waals surface area contributed by atoms with E-state index in [0.29, 0.717) is 17.5 Å². The first-order valence-corrected chi connectivity index (χ1v) is 17.3. The van der Waals surface area contributed by atoms with Gasteiger partial charge in [0.1, 0.15) is 0 Å². The van der Waals surface area contributed by atoms with E-state index in [2.05, 4.69) is 127 Å². The summed E-state index contributed by atoms with van der Waals surface area (Å²) in [7, 11) is 0. The van der Waals surface area contributed by atoms with Gasteiger partial charge in [-0.3, -0.25) is 0 Å². The molecule has 0 fully saturated rings. The molecule has 10 rings (SSSR count). The average molecular weight is 642 g/mol. The highest BCUT2D eigenvalue weighted by Crippen LogP contribution is 2.45. The second kappa shape index (κ2) is 11.2. The van der Waals surface area contributed by atoms with E-state index >= 15 is 0 Å². The average Bonchev–Trinajstić information content (AvgIpc) is 3.57. The summed E-state index contributed by atoms with van der Waals surface area (Å²) in [6.07, 6.45) is 0. The summed E-state index contributed by atoms with van der Waals surface area (Å²) in [5, 5.41) is 9.98. The van der Waals surface area contributed by atoms with Gasteiger partial charge in [-0.05, 0) is 56.3 Å². The monoisotopic (exact) mass is 641 g/mol. The maximum absolute atomic E-state index is 5.13. The van der Waals surface area contributed by atoms with Crippen LogP contribution in [0.5, 0.6) is 0 Å². The number of thiophene rings is 1. The molecule has 0 amide bonds. The Hall–Kier alpha value is -6.23. The van der Waals surface area contributed by atoms with Crippen molar-refractivity contribution in [1.29, 1.82) is 0 Å². The molecule has 0 saturated heterocycles. The highest BCUT2D eigenvalue weighted by atomic mass is 32.1. The van der Waals surface area contributed by atoms with Crippen LogP contribution in [0.15, 0.2) is 164 Å². The van der Waals surface area contributed by atoms with Gasteiger partial charge in [-0.15, -0.1) is 11.3 Å². The molecule has 4 heteroatoms. The van der Waals surface area contributed by atoms with Gasteiger partial charge in [0.05, 0.1) is 0 Å². The fraction of sp³-hybridized carbons (Fsp3) is 0. The summed E-state index contributed by atoms with van der Waals surface area (Å²) < 4.78 is 2.61. The predicted molar refractivity (Wildman–Crippen MR) is 207 cm³/mol. The molecule has 0 atom stereocenters. The lowest BCUT2D eigenvalue weighted by Gasteiger charge is -2.13. The molecule has 0 bridgehead atoms. The quantitative estimate of drug-likeness (QED) is 0.180. The number of benzene rings is 8. The van der Waals surface area contributed by atoms with Gasteiger partial charge >= 0.3 is 0 Å². The number of nitrogens with zero attached hydrogens (tertiary/aromatic N) is 3. The van der Waals surface area contributed by atoms with Crippen molar-refractivity contribution in [2.45, 2.75) is 0 Å². The summed E-state index contributed by atoms with van der Waals surface area (Å²) in [5.74, 6) is 1.97.